The van der Waals surface area contributed by atoms with E-state index < -0.39 is 5.82 Å². The number of carbonyl (C=O) groups is 2. The van der Waals surface area contributed by atoms with Crippen LogP contribution in [0.3, 0.4) is 0 Å². The Morgan fingerprint density at radius 1 is 1.13 bits per heavy atom. The summed E-state index contributed by atoms with van der Waals surface area (Å²) in [7, 11) is 0. The van der Waals surface area contributed by atoms with Crippen LogP contribution in [0, 0.1) is 18.2 Å². The molecule has 0 radical (unpaired) electrons. The summed E-state index contributed by atoms with van der Waals surface area (Å²) in [5.74, 6) is 1.56. The molecule has 0 N–H and O–H groups in total. The van der Waals surface area contributed by atoms with Crippen molar-refractivity contribution in [1.29, 1.82) is 0 Å². The number of hydrogen-bond acceptors (Lipinski definition) is 4. The molecule has 0 saturated heterocycles. The zero-order chi connectivity index (χ0) is 22.0. The third-order valence-corrected chi connectivity index (χ3v) is 4.84. The quantitative estimate of drug-likeness (QED) is 0.370. The number of anilines is 1. The van der Waals surface area contributed by atoms with Gasteiger partial charge in [-0.15, -0.1) is 6.42 Å². The Kier molecular flexibility index (Phi) is 5.29. The van der Waals surface area contributed by atoms with Crippen molar-refractivity contribution in [3.63, 3.8) is 0 Å². The lowest BCUT2D eigenvalue weighted by atomic mass is 10.1. The van der Waals surface area contributed by atoms with Gasteiger partial charge in [-0.2, -0.15) is 0 Å². The van der Waals surface area contributed by atoms with Crippen molar-refractivity contribution in [2.24, 2.45) is 0 Å². The number of amides is 1. The fourth-order valence-electron chi connectivity index (χ4n) is 3.34. The molecule has 0 aliphatic heterocycles. The molecule has 4 aromatic rings. The molecule has 4 rings (SSSR count). The number of benzene rings is 2. The summed E-state index contributed by atoms with van der Waals surface area (Å²) in [5, 5.41) is 0. The van der Waals surface area contributed by atoms with Crippen LogP contribution in [0.15, 0.2) is 67.1 Å². The SMILES string of the molecule is C#CCN(C(C)=O)c1cccc(-c2ccnc3c(C(=O)c4ccc(F)cc4)ncn23)c1. The summed E-state index contributed by atoms with van der Waals surface area (Å²) < 4.78 is 14.9. The van der Waals surface area contributed by atoms with Gasteiger partial charge in [0.1, 0.15) is 12.1 Å². The van der Waals surface area contributed by atoms with Crippen molar-refractivity contribution < 1.29 is 14.0 Å². The van der Waals surface area contributed by atoms with Gasteiger partial charge in [0.05, 0.1) is 12.2 Å². The van der Waals surface area contributed by atoms with E-state index in [-0.39, 0.29) is 23.9 Å². The van der Waals surface area contributed by atoms with Crippen LogP contribution >= 0.6 is 0 Å². The maximum absolute atomic E-state index is 13.2. The van der Waals surface area contributed by atoms with Crippen LogP contribution in [0.4, 0.5) is 10.1 Å². The van der Waals surface area contributed by atoms with Crippen molar-refractivity contribution >= 4 is 23.0 Å². The van der Waals surface area contributed by atoms with Crippen molar-refractivity contribution in [2.45, 2.75) is 6.92 Å². The van der Waals surface area contributed by atoms with Gasteiger partial charge < -0.3 is 4.90 Å². The Morgan fingerprint density at radius 2 is 1.90 bits per heavy atom. The summed E-state index contributed by atoms with van der Waals surface area (Å²) in [5.41, 5.74) is 3.07. The summed E-state index contributed by atoms with van der Waals surface area (Å²) in [6, 6.07) is 14.4. The van der Waals surface area contributed by atoms with Gasteiger partial charge in [-0.3, -0.25) is 14.0 Å². The van der Waals surface area contributed by atoms with Gasteiger partial charge in [0.2, 0.25) is 11.7 Å². The second kappa shape index (κ2) is 8.20. The van der Waals surface area contributed by atoms with E-state index in [1.165, 1.54) is 42.4 Å². The summed E-state index contributed by atoms with van der Waals surface area (Å²) in [6.45, 7) is 1.61. The van der Waals surface area contributed by atoms with Crippen molar-refractivity contribution in [1.82, 2.24) is 14.4 Å². The zero-order valence-electron chi connectivity index (χ0n) is 16.6. The number of carbonyl (C=O) groups excluding carboxylic acids is 2. The van der Waals surface area contributed by atoms with E-state index in [4.69, 9.17) is 6.42 Å². The molecule has 0 saturated carbocycles. The standard InChI is InChI=1S/C24H17FN4O2/c1-3-13-28(16(2)30)20-6-4-5-18(14-20)21-11-12-26-24-22(27-15-29(21)24)23(31)17-7-9-19(25)10-8-17/h1,4-12,14-15H,13H2,2H3. The van der Waals surface area contributed by atoms with Gasteiger partial charge in [0.25, 0.3) is 0 Å². The molecule has 0 spiro atoms. The van der Waals surface area contributed by atoms with Gasteiger partial charge in [-0.25, -0.2) is 14.4 Å². The van der Waals surface area contributed by atoms with Gasteiger partial charge in [0.15, 0.2) is 11.3 Å². The first-order chi connectivity index (χ1) is 15.0. The van der Waals surface area contributed by atoms with E-state index in [2.05, 4.69) is 15.9 Å². The number of rotatable bonds is 5. The minimum atomic E-state index is -0.420. The van der Waals surface area contributed by atoms with Gasteiger partial charge in [-0.05, 0) is 42.5 Å². The van der Waals surface area contributed by atoms with Crippen LogP contribution in [0.2, 0.25) is 0 Å². The van der Waals surface area contributed by atoms with Crippen LogP contribution in [-0.4, -0.2) is 32.6 Å². The molecule has 1 amide bonds. The van der Waals surface area contributed by atoms with Crippen LogP contribution in [0.5, 0.6) is 0 Å². The lowest BCUT2D eigenvalue weighted by Crippen LogP contribution is -2.28. The number of nitrogens with zero attached hydrogens (tertiary/aromatic N) is 4. The third kappa shape index (κ3) is 3.79. The van der Waals surface area contributed by atoms with E-state index in [9.17, 15) is 14.0 Å². The van der Waals surface area contributed by atoms with Crippen LogP contribution in [-0.2, 0) is 4.79 Å². The minimum Gasteiger partial charge on any atom is -0.301 e. The lowest BCUT2D eigenvalue weighted by molar-refractivity contribution is -0.116. The van der Waals surface area contributed by atoms with Gasteiger partial charge in [0, 0.05) is 29.9 Å². The first-order valence-electron chi connectivity index (χ1n) is 9.44. The van der Waals surface area contributed by atoms with E-state index in [0.717, 1.165) is 11.3 Å². The number of halogens is 1. The molecule has 7 heteroatoms. The molecule has 0 unspecified atom stereocenters. The maximum Gasteiger partial charge on any atom is 0.224 e. The second-order valence-corrected chi connectivity index (χ2v) is 6.81. The predicted molar refractivity (Wildman–Crippen MR) is 115 cm³/mol. The van der Waals surface area contributed by atoms with Gasteiger partial charge >= 0.3 is 0 Å². The van der Waals surface area contributed by atoms with Crippen LogP contribution < -0.4 is 4.90 Å². The first-order valence-corrected chi connectivity index (χ1v) is 9.44. The van der Waals surface area contributed by atoms with Crippen LogP contribution in [0.25, 0.3) is 16.9 Å². The monoisotopic (exact) mass is 412 g/mol. The average Bonchev–Trinajstić information content (AvgIpc) is 3.21. The van der Waals surface area contributed by atoms with Crippen molar-refractivity contribution in [3.05, 3.63) is 84.2 Å². The number of aromatic nitrogens is 3. The minimum absolute atomic E-state index is 0.159. The Balaban J connectivity index is 1.78. The molecule has 31 heavy (non-hydrogen) atoms. The molecule has 2 heterocycles. The highest BCUT2D eigenvalue weighted by molar-refractivity contribution is 6.11. The molecular weight excluding hydrogens is 395 g/mol. The Hall–Kier alpha value is -4.31. The maximum atomic E-state index is 13.2. The molecule has 0 atom stereocenters. The largest absolute Gasteiger partial charge is 0.301 e. The third-order valence-electron chi connectivity index (χ3n) is 4.84. The summed E-state index contributed by atoms with van der Waals surface area (Å²) >= 11 is 0. The number of terminal acetylenes is 1. The number of fused-ring (bicyclic) bond motifs is 1. The van der Waals surface area contributed by atoms with Gasteiger partial charge in [-0.1, -0.05) is 18.1 Å². The summed E-state index contributed by atoms with van der Waals surface area (Å²) in [6.07, 6.45) is 8.51. The molecular formula is C24H17FN4O2. The molecule has 0 fully saturated rings. The average molecular weight is 412 g/mol. The predicted octanol–water partition coefficient (Wildman–Crippen LogP) is 3.75. The molecule has 2 aromatic carbocycles. The highest BCUT2D eigenvalue weighted by Crippen LogP contribution is 2.26. The number of hydrogen-bond donors (Lipinski definition) is 0. The smallest absolute Gasteiger partial charge is 0.224 e. The molecule has 6 nitrogen and oxygen atoms in total. The second-order valence-electron chi connectivity index (χ2n) is 6.81. The molecule has 0 aliphatic rings. The number of ketones is 1. The highest BCUT2D eigenvalue weighted by atomic mass is 19.1. The van der Waals surface area contributed by atoms with E-state index in [1.54, 1.807) is 22.7 Å². The molecule has 2 aromatic heterocycles. The van der Waals surface area contributed by atoms with Crippen molar-refractivity contribution in [2.75, 3.05) is 11.4 Å². The van der Waals surface area contributed by atoms with E-state index in [1.807, 2.05) is 18.2 Å². The van der Waals surface area contributed by atoms with Crippen LogP contribution in [0.1, 0.15) is 23.0 Å². The zero-order valence-corrected chi connectivity index (χ0v) is 16.6. The van der Waals surface area contributed by atoms with E-state index in [0.29, 0.717) is 16.9 Å². The first kappa shape index (κ1) is 20.0. The molecule has 0 aliphatic carbocycles. The molecule has 0 bridgehead atoms. The molecule has 152 valence electrons. The Bertz CT molecular complexity index is 1340. The fourth-order valence-corrected chi connectivity index (χ4v) is 3.34. The normalized spacial score (nSPS) is 10.6. The summed E-state index contributed by atoms with van der Waals surface area (Å²) in [4.78, 5) is 34.9. The van der Waals surface area contributed by atoms with Crippen molar-refractivity contribution in [3.8, 4) is 23.6 Å². The number of imidazole rings is 1. The highest BCUT2D eigenvalue weighted by Gasteiger charge is 2.19. The fraction of sp³-hybridized carbons (Fsp3) is 0.0833. The Labute approximate surface area is 178 Å². The lowest BCUT2D eigenvalue weighted by Gasteiger charge is -2.19. The topological polar surface area (TPSA) is 67.6 Å². The Morgan fingerprint density at radius 3 is 2.61 bits per heavy atom. The van der Waals surface area contributed by atoms with E-state index >= 15 is 0 Å².